The largest absolute Gasteiger partial charge is 0.305 e. The molecule has 1 aromatic carbocycles. The van der Waals surface area contributed by atoms with E-state index in [1.54, 1.807) is 6.92 Å². The first kappa shape index (κ1) is 13.9. The van der Waals surface area contributed by atoms with Crippen LogP contribution in [0.4, 0.5) is 11.5 Å². The van der Waals surface area contributed by atoms with Gasteiger partial charge in [0.05, 0.1) is 4.92 Å². The van der Waals surface area contributed by atoms with Gasteiger partial charge in [-0.2, -0.15) is 0 Å². The van der Waals surface area contributed by atoms with Gasteiger partial charge in [-0.3, -0.25) is 14.9 Å². The Hall–Kier alpha value is -2.54. The normalized spacial score (nSPS) is 10.1. The summed E-state index contributed by atoms with van der Waals surface area (Å²) < 4.78 is 0. The summed E-state index contributed by atoms with van der Waals surface area (Å²) in [7, 11) is 0. The van der Waals surface area contributed by atoms with Crippen molar-refractivity contribution in [2.45, 2.75) is 6.92 Å². The van der Waals surface area contributed by atoms with Gasteiger partial charge < -0.3 is 5.32 Å². The molecule has 7 nitrogen and oxygen atoms in total. The lowest BCUT2D eigenvalue weighted by Gasteiger charge is -2.06. The molecule has 0 unspecified atom stereocenters. The fraction of sp³-hybridized carbons (Fsp3) is 0.0833. The first-order valence-corrected chi connectivity index (χ1v) is 5.91. The van der Waals surface area contributed by atoms with E-state index in [1.807, 2.05) is 0 Å². The standard InChI is InChI=1S/C12H9ClN4O3/c1-7-2-3-8(17(19)20)6-9(7)12(18)14-11-5-4-10(13)15-16-11/h2-6H,1H3,(H,14,16,18). The second-order valence-electron chi connectivity index (χ2n) is 3.95. The van der Waals surface area contributed by atoms with Crippen molar-refractivity contribution in [3.8, 4) is 0 Å². The number of nitrogens with one attached hydrogen (secondary N) is 1. The van der Waals surface area contributed by atoms with Crippen LogP contribution in [-0.4, -0.2) is 21.0 Å². The number of nitro groups is 1. The molecule has 1 amide bonds. The van der Waals surface area contributed by atoms with Gasteiger partial charge in [0.1, 0.15) is 0 Å². The topological polar surface area (TPSA) is 98.0 Å². The minimum absolute atomic E-state index is 0.150. The quantitative estimate of drug-likeness (QED) is 0.692. The maximum atomic E-state index is 12.1. The smallest absolute Gasteiger partial charge is 0.270 e. The molecule has 2 aromatic rings. The molecule has 0 aliphatic rings. The molecular formula is C12H9ClN4O3. The van der Waals surface area contributed by atoms with Gasteiger partial charge in [0.2, 0.25) is 0 Å². The second-order valence-corrected chi connectivity index (χ2v) is 4.34. The number of anilines is 1. The summed E-state index contributed by atoms with van der Waals surface area (Å²) in [5, 5.41) is 20.7. The van der Waals surface area contributed by atoms with E-state index in [0.29, 0.717) is 5.56 Å². The van der Waals surface area contributed by atoms with E-state index in [4.69, 9.17) is 11.6 Å². The molecule has 0 saturated carbocycles. The molecule has 0 atom stereocenters. The van der Waals surface area contributed by atoms with Gasteiger partial charge >= 0.3 is 0 Å². The molecule has 0 fully saturated rings. The summed E-state index contributed by atoms with van der Waals surface area (Å²) in [4.78, 5) is 22.2. The zero-order valence-corrected chi connectivity index (χ0v) is 11.1. The average molecular weight is 293 g/mol. The van der Waals surface area contributed by atoms with E-state index < -0.39 is 10.8 Å². The summed E-state index contributed by atoms with van der Waals surface area (Å²) in [5.74, 6) is -0.284. The Balaban J connectivity index is 2.26. The van der Waals surface area contributed by atoms with Crippen LogP contribution >= 0.6 is 11.6 Å². The van der Waals surface area contributed by atoms with Crippen molar-refractivity contribution in [3.05, 3.63) is 56.7 Å². The van der Waals surface area contributed by atoms with Gasteiger partial charge in [-0.25, -0.2) is 0 Å². The second kappa shape index (κ2) is 5.62. The average Bonchev–Trinajstić information content (AvgIpc) is 2.41. The van der Waals surface area contributed by atoms with Gasteiger partial charge in [0.25, 0.3) is 11.6 Å². The molecule has 0 aliphatic carbocycles. The number of carbonyl (C=O) groups is 1. The number of halogens is 1. The third-order valence-electron chi connectivity index (χ3n) is 2.55. The number of rotatable bonds is 3. The van der Waals surface area contributed by atoms with Crippen molar-refractivity contribution < 1.29 is 9.72 Å². The molecule has 8 heteroatoms. The molecular weight excluding hydrogens is 284 g/mol. The van der Waals surface area contributed by atoms with Crippen LogP contribution in [0.2, 0.25) is 5.15 Å². The Morgan fingerprint density at radius 3 is 2.65 bits per heavy atom. The number of nitrogens with zero attached hydrogens (tertiary/aromatic N) is 3. The highest BCUT2D eigenvalue weighted by atomic mass is 35.5. The minimum atomic E-state index is -0.557. The number of aryl methyl sites for hydroxylation is 1. The highest BCUT2D eigenvalue weighted by Crippen LogP contribution is 2.18. The van der Waals surface area contributed by atoms with E-state index in [2.05, 4.69) is 15.5 Å². The van der Waals surface area contributed by atoms with E-state index in [0.717, 1.165) is 0 Å². The number of non-ortho nitro benzene ring substituents is 1. The molecule has 0 spiro atoms. The van der Waals surface area contributed by atoms with Crippen molar-refractivity contribution >= 4 is 29.0 Å². The Bertz CT molecular complexity index is 673. The minimum Gasteiger partial charge on any atom is -0.305 e. The highest BCUT2D eigenvalue weighted by Gasteiger charge is 2.15. The van der Waals surface area contributed by atoms with Crippen molar-refractivity contribution in [3.63, 3.8) is 0 Å². The van der Waals surface area contributed by atoms with Crippen molar-refractivity contribution in [2.24, 2.45) is 0 Å². The van der Waals surface area contributed by atoms with Gasteiger partial charge in [0, 0.05) is 17.7 Å². The first-order valence-electron chi connectivity index (χ1n) is 5.53. The molecule has 0 bridgehead atoms. The zero-order valence-electron chi connectivity index (χ0n) is 10.3. The maximum Gasteiger partial charge on any atom is 0.270 e. The van der Waals surface area contributed by atoms with Gasteiger partial charge in [0.15, 0.2) is 11.0 Å². The lowest BCUT2D eigenvalue weighted by Crippen LogP contribution is -2.15. The van der Waals surface area contributed by atoms with E-state index in [-0.39, 0.29) is 22.2 Å². The third kappa shape index (κ3) is 3.07. The van der Waals surface area contributed by atoms with Crippen LogP contribution in [0, 0.1) is 17.0 Å². The summed E-state index contributed by atoms with van der Waals surface area (Å²) in [6.07, 6.45) is 0. The number of carbonyl (C=O) groups excluding carboxylic acids is 1. The number of hydrogen-bond donors (Lipinski definition) is 1. The molecule has 1 aromatic heterocycles. The van der Waals surface area contributed by atoms with E-state index >= 15 is 0 Å². The molecule has 2 rings (SSSR count). The van der Waals surface area contributed by atoms with E-state index in [1.165, 1.54) is 30.3 Å². The van der Waals surface area contributed by atoms with Gasteiger partial charge in [-0.05, 0) is 24.6 Å². The van der Waals surface area contributed by atoms with Crippen LogP contribution in [0.5, 0.6) is 0 Å². The zero-order chi connectivity index (χ0) is 14.7. The van der Waals surface area contributed by atoms with Crippen LogP contribution in [0.15, 0.2) is 30.3 Å². The summed E-state index contributed by atoms with van der Waals surface area (Å²) in [6, 6.07) is 7.03. The van der Waals surface area contributed by atoms with Crippen LogP contribution in [0.25, 0.3) is 0 Å². The van der Waals surface area contributed by atoms with Crippen LogP contribution < -0.4 is 5.32 Å². The molecule has 0 radical (unpaired) electrons. The lowest BCUT2D eigenvalue weighted by molar-refractivity contribution is -0.384. The number of hydrogen-bond acceptors (Lipinski definition) is 5. The monoisotopic (exact) mass is 292 g/mol. The Morgan fingerprint density at radius 1 is 1.30 bits per heavy atom. The molecule has 1 N–H and O–H groups in total. The molecule has 0 saturated heterocycles. The van der Waals surface area contributed by atoms with E-state index in [9.17, 15) is 14.9 Å². The summed E-state index contributed by atoms with van der Waals surface area (Å²) >= 11 is 5.58. The van der Waals surface area contributed by atoms with Crippen LogP contribution in [-0.2, 0) is 0 Å². The number of benzene rings is 1. The van der Waals surface area contributed by atoms with Gasteiger partial charge in [-0.15, -0.1) is 10.2 Å². The SMILES string of the molecule is Cc1ccc([N+](=O)[O-])cc1C(=O)Nc1ccc(Cl)nn1. The Kier molecular flexibility index (Phi) is 3.90. The molecule has 0 aliphatic heterocycles. The number of nitro benzene ring substituents is 1. The number of aromatic nitrogens is 2. The highest BCUT2D eigenvalue weighted by molar-refractivity contribution is 6.29. The fourth-order valence-corrected chi connectivity index (χ4v) is 1.64. The predicted molar refractivity (Wildman–Crippen MR) is 72.8 cm³/mol. The van der Waals surface area contributed by atoms with Crippen molar-refractivity contribution in [1.82, 2.24) is 10.2 Å². The van der Waals surface area contributed by atoms with Gasteiger partial charge in [-0.1, -0.05) is 17.7 Å². The predicted octanol–water partition coefficient (Wildman–Crippen LogP) is 2.60. The van der Waals surface area contributed by atoms with Crippen LogP contribution in [0.1, 0.15) is 15.9 Å². The van der Waals surface area contributed by atoms with Crippen LogP contribution in [0.3, 0.4) is 0 Å². The molecule has 102 valence electrons. The molecule has 1 heterocycles. The Labute approximate surface area is 118 Å². The Morgan fingerprint density at radius 2 is 2.05 bits per heavy atom. The maximum absolute atomic E-state index is 12.1. The van der Waals surface area contributed by atoms with Crippen molar-refractivity contribution in [1.29, 1.82) is 0 Å². The van der Waals surface area contributed by atoms with Crippen molar-refractivity contribution in [2.75, 3.05) is 5.32 Å². The number of amides is 1. The lowest BCUT2D eigenvalue weighted by atomic mass is 10.1. The summed E-state index contributed by atoms with van der Waals surface area (Å²) in [5.41, 5.74) is 0.675. The third-order valence-corrected chi connectivity index (χ3v) is 2.75. The fourth-order valence-electron chi connectivity index (χ4n) is 1.53. The molecule has 20 heavy (non-hydrogen) atoms. The summed E-state index contributed by atoms with van der Waals surface area (Å²) in [6.45, 7) is 1.69. The first-order chi connectivity index (χ1) is 9.47.